The topological polar surface area (TPSA) is 68.2 Å². The summed E-state index contributed by atoms with van der Waals surface area (Å²) in [6.07, 6.45) is 5.33. The van der Waals surface area contributed by atoms with Crippen LogP contribution in [0, 0.1) is 6.92 Å². The van der Waals surface area contributed by atoms with Crippen molar-refractivity contribution in [3.63, 3.8) is 0 Å². The van der Waals surface area contributed by atoms with Crippen LogP contribution in [0.3, 0.4) is 0 Å². The molecule has 2 amide bonds. The number of urea groups is 1. The van der Waals surface area contributed by atoms with E-state index in [1.807, 2.05) is 60.2 Å². The number of anilines is 1. The van der Waals surface area contributed by atoms with Crippen LogP contribution >= 0.6 is 0 Å². The van der Waals surface area contributed by atoms with E-state index in [9.17, 15) is 4.79 Å². The molecular weight excluding hydrogens is 316 g/mol. The van der Waals surface area contributed by atoms with Gasteiger partial charge in [0.2, 0.25) is 0 Å². The standard InChI is InChI=1S/C19H20N4O2/c1-14-11-16(7-8-18(14)25-2)22-19(24)21-12-15-5-3-4-6-17(15)23-10-9-20-13-23/h3-11,13H,12H2,1-2H3,(H2,21,22,24). The lowest BCUT2D eigenvalue weighted by Gasteiger charge is -2.12. The van der Waals surface area contributed by atoms with Crippen molar-refractivity contribution in [2.24, 2.45) is 0 Å². The number of para-hydroxylation sites is 1. The zero-order valence-corrected chi connectivity index (χ0v) is 14.2. The molecule has 0 spiro atoms. The zero-order valence-electron chi connectivity index (χ0n) is 14.2. The lowest BCUT2D eigenvalue weighted by Crippen LogP contribution is -2.28. The molecule has 0 aliphatic rings. The molecule has 25 heavy (non-hydrogen) atoms. The lowest BCUT2D eigenvalue weighted by atomic mass is 10.1. The second kappa shape index (κ2) is 7.53. The Kier molecular flexibility index (Phi) is 4.99. The van der Waals surface area contributed by atoms with E-state index in [0.29, 0.717) is 6.54 Å². The van der Waals surface area contributed by atoms with Crippen molar-refractivity contribution in [3.05, 3.63) is 72.3 Å². The highest BCUT2D eigenvalue weighted by molar-refractivity contribution is 5.89. The summed E-state index contributed by atoms with van der Waals surface area (Å²) in [7, 11) is 1.62. The number of rotatable bonds is 5. The van der Waals surface area contributed by atoms with Crippen LogP contribution in [0.2, 0.25) is 0 Å². The van der Waals surface area contributed by atoms with Gasteiger partial charge in [0, 0.05) is 24.6 Å². The number of nitrogens with zero attached hydrogens (tertiary/aromatic N) is 2. The van der Waals surface area contributed by atoms with Gasteiger partial charge < -0.3 is 19.9 Å². The highest BCUT2D eigenvalue weighted by atomic mass is 16.5. The molecule has 6 nitrogen and oxygen atoms in total. The molecule has 2 N–H and O–H groups in total. The average molecular weight is 336 g/mol. The van der Waals surface area contributed by atoms with E-state index < -0.39 is 0 Å². The highest BCUT2D eigenvalue weighted by Gasteiger charge is 2.07. The predicted molar refractivity (Wildman–Crippen MR) is 97.2 cm³/mol. The molecule has 3 rings (SSSR count). The first-order valence-corrected chi connectivity index (χ1v) is 7.93. The summed E-state index contributed by atoms with van der Waals surface area (Å²) in [5, 5.41) is 5.72. The molecule has 0 fully saturated rings. The van der Waals surface area contributed by atoms with Gasteiger partial charge in [0.1, 0.15) is 5.75 Å². The highest BCUT2D eigenvalue weighted by Crippen LogP contribution is 2.21. The Morgan fingerprint density at radius 2 is 2.08 bits per heavy atom. The maximum atomic E-state index is 12.2. The van der Waals surface area contributed by atoms with Gasteiger partial charge in [-0.15, -0.1) is 0 Å². The second-order valence-electron chi connectivity index (χ2n) is 5.59. The summed E-state index contributed by atoms with van der Waals surface area (Å²) < 4.78 is 7.14. The average Bonchev–Trinajstić information content (AvgIpc) is 3.15. The Hall–Kier alpha value is -3.28. The minimum Gasteiger partial charge on any atom is -0.496 e. The predicted octanol–water partition coefficient (Wildman–Crippen LogP) is 3.51. The number of imidazole rings is 1. The van der Waals surface area contributed by atoms with Gasteiger partial charge in [0.05, 0.1) is 19.1 Å². The third kappa shape index (κ3) is 3.98. The summed E-state index contributed by atoms with van der Waals surface area (Å²) in [5.74, 6) is 0.792. The van der Waals surface area contributed by atoms with Crippen molar-refractivity contribution in [3.8, 4) is 11.4 Å². The maximum absolute atomic E-state index is 12.2. The van der Waals surface area contributed by atoms with Crippen LogP contribution in [0.5, 0.6) is 5.75 Å². The number of carbonyl (C=O) groups excluding carboxylic acids is 1. The summed E-state index contributed by atoms with van der Waals surface area (Å²) in [6, 6.07) is 13.1. The number of benzene rings is 2. The number of hydrogen-bond donors (Lipinski definition) is 2. The third-order valence-corrected chi connectivity index (χ3v) is 3.87. The molecule has 1 heterocycles. The molecule has 1 aromatic heterocycles. The van der Waals surface area contributed by atoms with Crippen LogP contribution in [0.1, 0.15) is 11.1 Å². The van der Waals surface area contributed by atoms with Crippen LogP contribution in [-0.2, 0) is 6.54 Å². The largest absolute Gasteiger partial charge is 0.496 e. The Morgan fingerprint density at radius 1 is 1.24 bits per heavy atom. The van der Waals surface area contributed by atoms with Crippen molar-refractivity contribution in [1.82, 2.24) is 14.9 Å². The number of nitrogens with one attached hydrogen (secondary N) is 2. The molecule has 0 unspecified atom stereocenters. The minimum atomic E-state index is -0.259. The molecular formula is C19H20N4O2. The van der Waals surface area contributed by atoms with Crippen molar-refractivity contribution >= 4 is 11.7 Å². The smallest absolute Gasteiger partial charge is 0.319 e. The fourth-order valence-corrected chi connectivity index (χ4v) is 2.62. The Balaban J connectivity index is 1.64. The van der Waals surface area contributed by atoms with E-state index in [-0.39, 0.29) is 6.03 Å². The Morgan fingerprint density at radius 3 is 2.80 bits per heavy atom. The molecule has 0 saturated heterocycles. The van der Waals surface area contributed by atoms with Gasteiger partial charge >= 0.3 is 6.03 Å². The van der Waals surface area contributed by atoms with Crippen molar-refractivity contribution in [1.29, 1.82) is 0 Å². The van der Waals surface area contributed by atoms with Crippen LogP contribution in [0.15, 0.2) is 61.2 Å². The minimum absolute atomic E-state index is 0.259. The van der Waals surface area contributed by atoms with Gasteiger partial charge in [-0.2, -0.15) is 0 Å². The molecule has 6 heteroatoms. The molecule has 2 aromatic carbocycles. The van der Waals surface area contributed by atoms with E-state index in [4.69, 9.17) is 4.74 Å². The molecule has 0 aliphatic heterocycles. The lowest BCUT2D eigenvalue weighted by molar-refractivity contribution is 0.251. The molecule has 0 bridgehead atoms. The monoisotopic (exact) mass is 336 g/mol. The summed E-state index contributed by atoms with van der Waals surface area (Å²) >= 11 is 0. The number of carbonyl (C=O) groups is 1. The van der Waals surface area contributed by atoms with Gasteiger partial charge in [0.15, 0.2) is 0 Å². The quantitative estimate of drug-likeness (QED) is 0.749. The zero-order chi connectivity index (χ0) is 17.6. The van der Waals surface area contributed by atoms with Crippen LogP contribution in [0.4, 0.5) is 10.5 Å². The van der Waals surface area contributed by atoms with Crippen LogP contribution in [0.25, 0.3) is 5.69 Å². The van der Waals surface area contributed by atoms with Gasteiger partial charge in [-0.05, 0) is 42.3 Å². The van der Waals surface area contributed by atoms with Gasteiger partial charge in [-0.1, -0.05) is 18.2 Å². The summed E-state index contributed by atoms with van der Waals surface area (Å²) in [6.45, 7) is 2.35. The number of aromatic nitrogens is 2. The maximum Gasteiger partial charge on any atom is 0.319 e. The number of ether oxygens (including phenoxy) is 1. The van der Waals surface area contributed by atoms with E-state index in [1.165, 1.54) is 0 Å². The number of aryl methyl sites for hydroxylation is 1. The summed E-state index contributed by atoms with van der Waals surface area (Å²) in [4.78, 5) is 16.2. The third-order valence-electron chi connectivity index (χ3n) is 3.87. The SMILES string of the molecule is COc1ccc(NC(=O)NCc2ccccc2-n2ccnc2)cc1C. The fourth-order valence-electron chi connectivity index (χ4n) is 2.62. The van der Waals surface area contributed by atoms with Crippen molar-refractivity contribution in [2.75, 3.05) is 12.4 Å². The number of amides is 2. The van der Waals surface area contributed by atoms with Crippen molar-refractivity contribution < 1.29 is 9.53 Å². The first-order valence-electron chi connectivity index (χ1n) is 7.93. The molecule has 3 aromatic rings. The van der Waals surface area contributed by atoms with E-state index >= 15 is 0 Å². The number of methoxy groups -OCH3 is 1. The molecule has 0 radical (unpaired) electrons. The normalized spacial score (nSPS) is 10.3. The van der Waals surface area contributed by atoms with E-state index in [2.05, 4.69) is 15.6 Å². The fraction of sp³-hybridized carbons (Fsp3) is 0.158. The van der Waals surface area contributed by atoms with E-state index in [0.717, 1.165) is 28.3 Å². The van der Waals surface area contributed by atoms with Crippen LogP contribution in [-0.4, -0.2) is 22.7 Å². The second-order valence-corrected chi connectivity index (χ2v) is 5.59. The molecule has 0 saturated carbocycles. The molecule has 0 atom stereocenters. The number of hydrogen-bond acceptors (Lipinski definition) is 3. The Bertz CT molecular complexity index is 860. The molecule has 0 aliphatic carbocycles. The van der Waals surface area contributed by atoms with Crippen LogP contribution < -0.4 is 15.4 Å². The van der Waals surface area contributed by atoms with Gasteiger partial charge in [-0.25, -0.2) is 9.78 Å². The van der Waals surface area contributed by atoms with Crippen molar-refractivity contribution in [2.45, 2.75) is 13.5 Å². The summed E-state index contributed by atoms with van der Waals surface area (Å²) in [5.41, 5.74) is 3.67. The van der Waals surface area contributed by atoms with Gasteiger partial charge in [0.25, 0.3) is 0 Å². The first kappa shape index (κ1) is 16.6. The van der Waals surface area contributed by atoms with E-state index in [1.54, 1.807) is 19.6 Å². The first-order chi connectivity index (χ1) is 12.2. The molecule has 128 valence electrons. The van der Waals surface area contributed by atoms with Gasteiger partial charge in [-0.3, -0.25) is 0 Å². The Labute approximate surface area is 146 Å².